The Morgan fingerprint density at radius 1 is 1.38 bits per heavy atom. The van der Waals surface area contributed by atoms with Crippen molar-refractivity contribution in [3.63, 3.8) is 0 Å². The van der Waals surface area contributed by atoms with Gasteiger partial charge in [-0.2, -0.15) is 0 Å². The monoisotopic (exact) mass is 220 g/mol. The summed E-state index contributed by atoms with van der Waals surface area (Å²) in [7, 11) is 0. The van der Waals surface area contributed by atoms with Crippen molar-refractivity contribution in [2.45, 2.75) is 13.0 Å². The Morgan fingerprint density at radius 3 is 3.06 bits per heavy atom. The fourth-order valence-electron chi connectivity index (χ4n) is 1.47. The first-order chi connectivity index (χ1) is 7.84. The molecular weight excluding hydrogens is 207 g/mol. The highest BCUT2D eigenvalue weighted by molar-refractivity contribution is 5.16. The van der Waals surface area contributed by atoms with E-state index in [1.54, 1.807) is 18.3 Å². The van der Waals surface area contributed by atoms with E-state index in [1.807, 2.05) is 6.07 Å². The molecule has 2 aromatic rings. The third-order valence-electron chi connectivity index (χ3n) is 2.26. The highest BCUT2D eigenvalue weighted by Crippen LogP contribution is 2.03. The molecule has 0 aliphatic carbocycles. The van der Waals surface area contributed by atoms with Crippen LogP contribution in [-0.4, -0.2) is 11.5 Å². The number of nitrogens with one attached hydrogen (secondary N) is 1. The molecule has 0 amide bonds. The van der Waals surface area contributed by atoms with Crippen molar-refractivity contribution < 1.29 is 8.81 Å². The molecule has 1 aromatic carbocycles. The van der Waals surface area contributed by atoms with Gasteiger partial charge in [-0.25, -0.2) is 9.37 Å². The number of hydrogen-bond acceptors (Lipinski definition) is 3. The number of halogens is 1. The van der Waals surface area contributed by atoms with Gasteiger partial charge in [0, 0.05) is 0 Å². The van der Waals surface area contributed by atoms with Crippen LogP contribution in [0.25, 0.3) is 0 Å². The van der Waals surface area contributed by atoms with Crippen molar-refractivity contribution >= 4 is 0 Å². The molecule has 0 aliphatic rings. The lowest BCUT2D eigenvalue weighted by Gasteiger charge is -2.02. The van der Waals surface area contributed by atoms with Gasteiger partial charge in [0.25, 0.3) is 0 Å². The zero-order valence-corrected chi connectivity index (χ0v) is 8.82. The molecule has 0 spiro atoms. The quantitative estimate of drug-likeness (QED) is 0.784. The smallest absolute Gasteiger partial charge is 0.180 e. The maximum atomic E-state index is 12.9. The van der Waals surface area contributed by atoms with Crippen LogP contribution in [0.4, 0.5) is 4.39 Å². The fourth-order valence-corrected chi connectivity index (χ4v) is 1.47. The van der Waals surface area contributed by atoms with Crippen molar-refractivity contribution in [3.05, 3.63) is 54.0 Å². The third-order valence-corrected chi connectivity index (χ3v) is 2.26. The minimum Gasteiger partial charge on any atom is -0.447 e. The maximum absolute atomic E-state index is 12.9. The minimum absolute atomic E-state index is 0.187. The number of benzene rings is 1. The Labute approximate surface area is 93.3 Å². The molecule has 84 valence electrons. The van der Waals surface area contributed by atoms with E-state index in [2.05, 4.69) is 10.3 Å². The van der Waals surface area contributed by atoms with E-state index < -0.39 is 0 Å². The molecule has 0 saturated heterocycles. The molecule has 0 saturated carbocycles. The first-order valence-corrected chi connectivity index (χ1v) is 5.17. The second-order valence-corrected chi connectivity index (χ2v) is 3.52. The molecular formula is C12H13FN2O. The van der Waals surface area contributed by atoms with Gasteiger partial charge >= 0.3 is 0 Å². The number of aromatic nitrogens is 1. The summed E-state index contributed by atoms with van der Waals surface area (Å²) in [6.45, 7) is 1.43. The maximum Gasteiger partial charge on any atom is 0.180 e. The van der Waals surface area contributed by atoms with Gasteiger partial charge < -0.3 is 9.73 Å². The normalized spacial score (nSPS) is 10.6. The van der Waals surface area contributed by atoms with Crippen molar-refractivity contribution in [2.75, 3.05) is 6.54 Å². The van der Waals surface area contributed by atoms with Gasteiger partial charge in [-0.1, -0.05) is 12.1 Å². The lowest BCUT2D eigenvalue weighted by Crippen LogP contribution is -2.16. The molecule has 0 radical (unpaired) electrons. The van der Waals surface area contributed by atoms with Crippen LogP contribution in [-0.2, 0) is 13.0 Å². The van der Waals surface area contributed by atoms with Gasteiger partial charge in [0.2, 0.25) is 0 Å². The van der Waals surface area contributed by atoms with E-state index in [-0.39, 0.29) is 5.82 Å². The Kier molecular flexibility index (Phi) is 3.66. The minimum atomic E-state index is -0.187. The van der Waals surface area contributed by atoms with Crippen molar-refractivity contribution in [2.24, 2.45) is 0 Å². The molecule has 1 N–H and O–H groups in total. The topological polar surface area (TPSA) is 38.1 Å². The molecule has 4 heteroatoms. The number of rotatable bonds is 5. The number of oxazole rings is 1. The molecule has 0 fully saturated rings. The summed E-state index contributed by atoms with van der Waals surface area (Å²) >= 11 is 0. The number of nitrogens with zero attached hydrogens (tertiary/aromatic N) is 1. The largest absolute Gasteiger partial charge is 0.447 e. The van der Waals surface area contributed by atoms with E-state index in [1.165, 1.54) is 12.5 Å². The Bertz CT molecular complexity index is 428. The van der Waals surface area contributed by atoms with Gasteiger partial charge in [-0.05, 0) is 30.7 Å². The molecule has 0 unspecified atom stereocenters. The van der Waals surface area contributed by atoms with Crippen LogP contribution in [0.1, 0.15) is 11.3 Å². The van der Waals surface area contributed by atoms with E-state index in [9.17, 15) is 4.39 Å². The summed E-state index contributed by atoms with van der Waals surface area (Å²) < 4.78 is 17.9. The van der Waals surface area contributed by atoms with Gasteiger partial charge in [0.1, 0.15) is 11.6 Å². The standard InChI is InChI=1S/C12H13FN2O/c13-11-3-1-2-10(6-11)4-5-14-7-12-8-15-9-16-12/h1-3,6,8-9,14H,4-5,7H2. The van der Waals surface area contributed by atoms with Crippen LogP contribution in [0.2, 0.25) is 0 Å². The van der Waals surface area contributed by atoms with Gasteiger partial charge in [0.05, 0.1) is 12.7 Å². The van der Waals surface area contributed by atoms with E-state index in [0.29, 0.717) is 6.54 Å². The molecule has 1 heterocycles. The molecule has 1 aromatic heterocycles. The SMILES string of the molecule is Fc1cccc(CCNCc2cnco2)c1. The van der Waals surface area contributed by atoms with E-state index in [4.69, 9.17) is 4.42 Å². The van der Waals surface area contributed by atoms with Crippen LogP contribution in [0.15, 0.2) is 41.3 Å². The highest BCUT2D eigenvalue weighted by atomic mass is 19.1. The first kappa shape index (κ1) is 10.8. The summed E-state index contributed by atoms with van der Waals surface area (Å²) in [5.41, 5.74) is 0.991. The Morgan fingerprint density at radius 2 is 2.31 bits per heavy atom. The molecule has 16 heavy (non-hydrogen) atoms. The Hall–Kier alpha value is -1.68. The van der Waals surface area contributed by atoms with Crippen molar-refractivity contribution in [3.8, 4) is 0 Å². The number of hydrogen-bond donors (Lipinski definition) is 1. The molecule has 2 rings (SSSR count). The third kappa shape index (κ3) is 3.17. The zero-order chi connectivity index (χ0) is 11.2. The summed E-state index contributed by atoms with van der Waals surface area (Å²) in [5, 5.41) is 3.20. The molecule has 0 bridgehead atoms. The summed E-state index contributed by atoms with van der Waals surface area (Å²) in [6, 6.07) is 6.64. The molecule has 3 nitrogen and oxygen atoms in total. The highest BCUT2D eigenvalue weighted by Gasteiger charge is 1.97. The lowest BCUT2D eigenvalue weighted by molar-refractivity contribution is 0.480. The molecule has 0 aliphatic heterocycles. The molecule has 0 atom stereocenters. The van der Waals surface area contributed by atoms with Crippen LogP contribution in [0, 0.1) is 5.82 Å². The zero-order valence-electron chi connectivity index (χ0n) is 8.82. The van der Waals surface area contributed by atoms with Crippen LogP contribution in [0.5, 0.6) is 0 Å². The fraction of sp³-hybridized carbons (Fsp3) is 0.250. The predicted octanol–water partition coefficient (Wildman–Crippen LogP) is 2.15. The predicted molar refractivity (Wildman–Crippen MR) is 58.3 cm³/mol. The van der Waals surface area contributed by atoms with Gasteiger partial charge in [-0.15, -0.1) is 0 Å². The Balaban J connectivity index is 1.72. The summed E-state index contributed by atoms with van der Waals surface area (Å²) in [4.78, 5) is 3.81. The van der Waals surface area contributed by atoms with Crippen molar-refractivity contribution in [1.29, 1.82) is 0 Å². The van der Waals surface area contributed by atoms with E-state index >= 15 is 0 Å². The second kappa shape index (κ2) is 5.42. The van der Waals surface area contributed by atoms with Crippen LogP contribution in [0.3, 0.4) is 0 Å². The summed E-state index contributed by atoms with van der Waals surface area (Å²) in [6.07, 6.45) is 3.88. The summed E-state index contributed by atoms with van der Waals surface area (Å²) in [5.74, 6) is 0.618. The van der Waals surface area contributed by atoms with Gasteiger partial charge in [-0.3, -0.25) is 0 Å². The van der Waals surface area contributed by atoms with E-state index in [0.717, 1.165) is 24.3 Å². The van der Waals surface area contributed by atoms with Gasteiger partial charge in [0.15, 0.2) is 6.39 Å². The van der Waals surface area contributed by atoms with Crippen molar-refractivity contribution in [1.82, 2.24) is 10.3 Å². The first-order valence-electron chi connectivity index (χ1n) is 5.17. The lowest BCUT2D eigenvalue weighted by atomic mass is 10.1. The van der Waals surface area contributed by atoms with Crippen LogP contribution < -0.4 is 5.32 Å². The second-order valence-electron chi connectivity index (χ2n) is 3.52. The average molecular weight is 220 g/mol. The van der Waals surface area contributed by atoms with Crippen LogP contribution >= 0.6 is 0 Å². The average Bonchev–Trinajstić information content (AvgIpc) is 2.77.